The van der Waals surface area contributed by atoms with Crippen molar-refractivity contribution in [1.82, 2.24) is 0 Å². The van der Waals surface area contributed by atoms with Gasteiger partial charge in [0, 0.05) is 10.9 Å². The molecule has 0 amide bonds. The highest BCUT2D eigenvalue weighted by molar-refractivity contribution is 9.10. The third-order valence-corrected chi connectivity index (χ3v) is 3.73. The first-order chi connectivity index (χ1) is 9.42. The molecule has 0 aliphatic rings. The molecule has 0 aliphatic carbocycles. The lowest BCUT2D eigenvalue weighted by Crippen LogP contribution is -2.24. The molecule has 1 N–H and O–H groups in total. The Labute approximate surface area is 126 Å². The molecule has 0 fully saturated rings. The van der Waals surface area contributed by atoms with Crippen molar-refractivity contribution in [2.24, 2.45) is 0 Å². The SMILES string of the molecule is COc1cccc(C(C)(O)Cc2ccc(Br)cc2F)c1. The molecule has 2 rings (SSSR count). The number of hydrogen-bond donors (Lipinski definition) is 1. The molecule has 2 nitrogen and oxygen atoms in total. The molecule has 0 saturated heterocycles. The van der Waals surface area contributed by atoms with Crippen LogP contribution in [0.3, 0.4) is 0 Å². The van der Waals surface area contributed by atoms with Crippen LogP contribution in [0.2, 0.25) is 0 Å². The van der Waals surface area contributed by atoms with Gasteiger partial charge in [-0.3, -0.25) is 0 Å². The zero-order valence-corrected chi connectivity index (χ0v) is 12.9. The lowest BCUT2D eigenvalue weighted by Gasteiger charge is -2.24. The highest BCUT2D eigenvalue weighted by Gasteiger charge is 2.25. The van der Waals surface area contributed by atoms with Crippen LogP contribution in [0.4, 0.5) is 4.39 Å². The Morgan fingerprint density at radius 3 is 2.65 bits per heavy atom. The lowest BCUT2D eigenvalue weighted by atomic mass is 9.89. The molecule has 4 heteroatoms. The topological polar surface area (TPSA) is 29.5 Å². The Kier molecular flexibility index (Phi) is 4.45. The van der Waals surface area contributed by atoms with Gasteiger partial charge in [-0.2, -0.15) is 0 Å². The number of benzene rings is 2. The molecule has 0 bridgehead atoms. The van der Waals surface area contributed by atoms with Gasteiger partial charge in [0.15, 0.2) is 0 Å². The van der Waals surface area contributed by atoms with E-state index in [0.29, 0.717) is 21.3 Å². The van der Waals surface area contributed by atoms with Crippen LogP contribution in [0.15, 0.2) is 46.9 Å². The van der Waals surface area contributed by atoms with Gasteiger partial charge < -0.3 is 9.84 Å². The summed E-state index contributed by atoms with van der Waals surface area (Å²) < 4.78 is 19.7. The maximum atomic E-state index is 13.9. The summed E-state index contributed by atoms with van der Waals surface area (Å²) in [6, 6.07) is 12.0. The van der Waals surface area contributed by atoms with Crippen molar-refractivity contribution in [3.05, 3.63) is 63.9 Å². The summed E-state index contributed by atoms with van der Waals surface area (Å²) in [5.74, 6) is 0.335. The van der Waals surface area contributed by atoms with Gasteiger partial charge in [-0.25, -0.2) is 4.39 Å². The van der Waals surface area contributed by atoms with E-state index in [-0.39, 0.29) is 12.2 Å². The van der Waals surface area contributed by atoms with Crippen LogP contribution >= 0.6 is 15.9 Å². The Morgan fingerprint density at radius 2 is 2.00 bits per heavy atom. The standard InChI is InChI=1S/C16H16BrFO2/c1-16(19,12-4-3-5-14(8-12)20-2)10-11-6-7-13(17)9-15(11)18/h3-9,19H,10H2,1-2H3. The van der Waals surface area contributed by atoms with Gasteiger partial charge in [0.05, 0.1) is 12.7 Å². The fraction of sp³-hybridized carbons (Fsp3) is 0.250. The molecule has 0 heterocycles. The van der Waals surface area contributed by atoms with Crippen LogP contribution in [0.25, 0.3) is 0 Å². The first-order valence-corrected chi connectivity index (χ1v) is 7.02. The summed E-state index contributed by atoms with van der Waals surface area (Å²) in [5, 5.41) is 10.6. The number of rotatable bonds is 4. The lowest BCUT2D eigenvalue weighted by molar-refractivity contribution is 0.0564. The first kappa shape index (κ1) is 15.0. The van der Waals surface area contributed by atoms with E-state index in [4.69, 9.17) is 4.74 Å². The number of hydrogen-bond acceptors (Lipinski definition) is 2. The Hall–Kier alpha value is -1.39. The van der Waals surface area contributed by atoms with E-state index in [1.807, 2.05) is 0 Å². The second kappa shape index (κ2) is 5.94. The zero-order chi connectivity index (χ0) is 14.8. The van der Waals surface area contributed by atoms with Crippen LogP contribution in [0.5, 0.6) is 5.75 Å². The first-order valence-electron chi connectivity index (χ1n) is 6.23. The third-order valence-electron chi connectivity index (χ3n) is 3.24. The van der Waals surface area contributed by atoms with Gasteiger partial charge in [-0.1, -0.05) is 34.1 Å². The molecule has 0 radical (unpaired) electrons. The zero-order valence-electron chi connectivity index (χ0n) is 11.4. The van der Waals surface area contributed by atoms with Crippen molar-refractivity contribution in [2.45, 2.75) is 18.9 Å². The second-order valence-corrected chi connectivity index (χ2v) is 5.83. The van der Waals surface area contributed by atoms with Crippen LogP contribution in [-0.2, 0) is 12.0 Å². The van der Waals surface area contributed by atoms with E-state index in [0.717, 1.165) is 0 Å². The minimum Gasteiger partial charge on any atom is -0.497 e. The molecule has 20 heavy (non-hydrogen) atoms. The highest BCUT2D eigenvalue weighted by atomic mass is 79.9. The summed E-state index contributed by atoms with van der Waals surface area (Å²) in [6.07, 6.45) is 0.194. The molecule has 1 unspecified atom stereocenters. The summed E-state index contributed by atoms with van der Waals surface area (Å²) in [7, 11) is 1.57. The van der Waals surface area contributed by atoms with Gasteiger partial charge in [-0.05, 0) is 42.3 Å². The summed E-state index contributed by atoms with van der Waals surface area (Å²) in [4.78, 5) is 0. The van der Waals surface area contributed by atoms with E-state index in [1.165, 1.54) is 6.07 Å². The number of halogens is 2. The van der Waals surface area contributed by atoms with Crippen molar-refractivity contribution in [3.8, 4) is 5.75 Å². The highest BCUT2D eigenvalue weighted by Crippen LogP contribution is 2.29. The smallest absolute Gasteiger partial charge is 0.127 e. The van der Waals surface area contributed by atoms with Crippen LogP contribution < -0.4 is 4.74 Å². The number of ether oxygens (including phenoxy) is 1. The van der Waals surface area contributed by atoms with Gasteiger partial charge in [0.2, 0.25) is 0 Å². The fourth-order valence-corrected chi connectivity index (χ4v) is 2.43. The van der Waals surface area contributed by atoms with E-state index < -0.39 is 5.60 Å². The predicted octanol–water partition coefficient (Wildman–Crippen LogP) is 4.05. The maximum absolute atomic E-state index is 13.9. The molecule has 106 valence electrons. The van der Waals surface area contributed by atoms with Crippen molar-refractivity contribution >= 4 is 15.9 Å². The Bertz CT molecular complexity index is 611. The van der Waals surface area contributed by atoms with Gasteiger partial charge >= 0.3 is 0 Å². The molecule has 0 saturated carbocycles. The van der Waals surface area contributed by atoms with Gasteiger partial charge in [-0.15, -0.1) is 0 Å². The van der Waals surface area contributed by atoms with Crippen molar-refractivity contribution in [3.63, 3.8) is 0 Å². The van der Waals surface area contributed by atoms with E-state index in [1.54, 1.807) is 50.4 Å². The monoisotopic (exact) mass is 338 g/mol. The quantitative estimate of drug-likeness (QED) is 0.911. The van der Waals surface area contributed by atoms with Crippen LogP contribution in [0, 0.1) is 5.82 Å². The summed E-state index contributed by atoms with van der Waals surface area (Å²) in [6.45, 7) is 1.67. The average molecular weight is 339 g/mol. The molecular formula is C16H16BrFO2. The molecule has 1 atom stereocenters. The summed E-state index contributed by atoms with van der Waals surface area (Å²) >= 11 is 3.22. The fourth-order valence-electron chi connectivity index (χ4n) is 2.10. The van der Waals surface area contributed by atoms with E-state index in [9.17, 15) is 9.50 Å². The minimum absolute atomic E-state index is 0.194. The predicted molar refractivity (Wildman–Crippen MR) is 80.4 cm³/mol. The molecule has 2 aromatic carbocycles. The largest absolute Gasteiger partial charge is 0.497 e. The third kappa shape index (κ3) is 3.38. The number of methoxy groups -OCH3 is 1. The normalized spacial score (nSPS) is 13.8. The number of aliphatic hydroxyl groups is 1. The van der Waals surface area contributed by atoms with Crippen LogP contribution in [0.1, 0.15) is 18.1 Å². The molecule has 0 aromatic heterocycles. The van der Waals surface area contributed by atoms with Crippen molar-refractivity contribution in [2.75, 3.05) is 7.11 Å². The molecule has 0 aliphatic heterocycles. The summed E-state index contributed by atoms with van der Waals surface area (Å²) in [5.41, 5.74) is 0.00336. The second-order valence-electron chi connectivity index (χ2n) is 4.92. The molecular weight excluding hydrogens is 323 g/mol. The Balaban J connectivity index is 2.29. The molecule has 2 aromatic rings. The maximum Gasteiger partial charge on any atom is 0.127 e. The van der Waals surface area contributed by atoms with Gasteiger partial charge in [0.1, 0.15) is 11.6 Å². The Morgan fingerprint density at radius 1 is 1.25 bits per heavy atom. The van der Waals surface area contributed by atoms with E-state index in [2.05, 4.69) is 15.9 Å². The minimum atomic E-state index is -1.16. The average Bonchev–Trinajstić information content (AvgIpc) is 2.42. The van der Waals surface area contributed by atoms with Gasteiger partial charge in [0.25, 0.3) is 0 Å². The van der Waals surface area contributed by atoms with Crippen molar-refractivity contribution < 1.29 is 14.2 Å². The van der Waals surface area contributed by atoms with Crippen molar-refractivity contribution in [1.29, 1.82) is 0 Å². The molecule has 0 spiro atoms. The van der Waals surface area contributed by atoms with E-state index >= 15 is 0 Å². The van der Waals surface area contributed by atoms with Crippen LogP contribution in [-0.4, -0.2) is 12.2 Å².